The Morgan fingerprint density at radius 1 is 0.786 bits per heavy atom. The van der Waals surface area contributed by atoms with Crippen LogP contribution in [0.3, 0.4) is 0 Å². The molecule has 0 bridgehead atoms. The van der Waals surface area contributed by atoms with Crippen molar-refractivity contribution in [1.29, 1.82) is 0 Å². The molecular weight excluding hydrogens is 380 g/mol. The van der Waals surface area contributed by atoms with Crippen LogP contribution < -0.4 is 8.92 Å². The van der Waals surface area contributed by atoms with Gasteiger partial charge in [-0.05, 0) is 30.7 Å². The lowest BCUT2D eigenvalue weighted by Gasteiger charge is -2.21. The molecule has 0 aromatic heterocycles. The van der Waals surface area contributed by atoms with Crippen LogP contribution >= 0.6 is 0 Å². The minimum atomic E-state index is -2.79. The van der Waals surface area contributed by atoms with Gasteiger partial charge < -0.3 is 13.5 Å². The Bertz CT molecular complexity index is 1150. The minimum absolute atomic E-state index is 0.0130. The van der Waals surface area contributed by atoms with Crippen LogP contribution in [0.25, 0.3) is 0 Å². The van der Waals surface area contributed by atoms with E-state index >= 15 is 0 Å². The molecule has 3 aromatic rings. The Balaban J connectivity index is 1.82. The molecule has 1 aliphatic rings. The third kappa shape index (κ3) is 3.11. The van der Waals surface area contributed by atoms with Crippen LogP contribution in [0.2, 0.25) is 0 Å². The SMILES string of the molecule is Cc1ccc(Oc2cccc3c2C(=O)c2ccccc2C3=O)c(OS(=O)[O-])c1. The summed E-state index contributed by atoms with van der Waals surface area (Å²) in [5.41, 5.74) is 1.79. The first kappa shape index (κ1) is 18.1. The summed E-state index contributed by atoms with van der Waals surface area (Å²) in [5, 5.41) is 0. The normalized spacial score (nSPS) is 13.5. The fourth-order valence-electron chi connectivity index (χ4n) is 3.15. The second-order valence-corrected chi connectivity index (χ2v) is 6.80. The third-order valence-electron chi connectivity index (χ3n) is 4.39. The molecule has 1 atom stereocenters. The van der Waals surface area contributed by atoms with Crippen molar-refractivity contribution in [1.82, 2.24) is 0 Å². The number of carbonyl (C=O) groups excluding carboxylic acids is 2. The van der Waals surface area contributed by atoms with Crippen molar-refractivity contribution in [3.63, 3.8) is 0 Å². The molecule has 0 saturated carbocycles. The van der Waals surface area contributed by atoms with Crippen LogP contribution in [0.15, 0.2) is 60.7 Å². The van der Waals surface area contributed by atoms with Crippen molar-refractivity contribution in [2.45, 2.75) is 6.92 Å². The van der Waals surface area contributed by atoms with E-state index in [0.29, 0.717) is 11.1 Å². The molecule has 0 spiro atoms. The van der Waals surface area contributed by atoms with Gasteiger partial charge in [-0.2, -0.15) is 0 Å². The number of hydrogen-bond donors (Lipinski definition) is 0. The Hall–Kier alpha value is -3.29. The van der Waals surface area contributed by atoms with Gasteiger partial charge in [0.05, 0.1) is 5.56 Å². The third-order valence-corrected chi connectivity index (χ3v) is 4.71. The van der Waals surface area contributed by atoms with Gasteiger partial charge in [-0.1, -0.05) is 42.5 Å². The summed E-state index contributed by atoms with van der Waals surface area (Å²) >= 11 is -2.79. The first-order valence-corrected chi connectivity index (χ1v) is 9.33. The summed E-state index contributed by atoms with van der Waals surface area (Å²) < 4.78 is 32.6. The van der Waals surface area contributed by atoms with E-state index < -0.39 is 11.4 Å². The average molecular weight is 393 g/mol. The highest BCUT2D eigenvalue weighted by atomic mass is 32.2. The minimum Gasteiger partial charge on any atom is -0.740 e. The molecular formula is C21H13O6S-. The maximum absolute atomic E-state index is 13.0. The zero-order valence-corrected chi connectivity index (χ0v) is 15.4. The Labute approximate surface area is 163 Å². The van der Waals surface area contributed by atoms with E-state index in [-0.39, 0.29) is 39.9 Å². The summed E-state index contributed by atoms with van der Waals surface area (Å²) in [6.45, 7) is 1.77. The Kier molecular flexibility index (Phi) is 4.54. The van der Waals surface area contributed by atoms with Crippen molar-refractivity contribution in [3.05, 3.63) is 88.5 Å². The average Bonchev–Trinajstić information content (AvgIpc) is 2.67. The number of hydrogen-bond acceptors (Lipinski definition) is 6. The van der Waals surface area contributed by atoms with Gasteiger partial charge in [0.15, 0.2) is 23.1 Å². The van der Waals surface area contributed by atoms with Crippen LogP contribution in [0.4, 0.5) is 0 Å². The highest BCUT2D eigenvalue weighted by molar-refractivity contribution is 7.74. The highest BCUT2D eigenvalue weighted by Gasteiger charge is 2.32. The predicted molar refractivity (Wildman–Crippen MR) is 101 cm³/mol. The van der Waals surface area contributed by atoms with E-state index in [1.54, 1.807) is 61.5 Å². The molecule has 1 unspecified atom stereocenters. The number of aryl methyl sites for hydroxylation is 1. The van der Waals surface area contributed by atoms with Gasteiger partial charge in [0.25, 0.3) is 0 Å². The quantitative estimate of drug-likeness (QED) is 0.491. The van der Waals surface area contributed by atoms with Gasteiger partial charge in [0, 0.05) is 16.7 Å². The Morgan fingerprint density at radius 2 is 1.46 bits per heavy atom. The summed E-state index contributed by atoms with van der Waals surface area (Å²) in [7, 11) is 0. The zero-order chi connectivity index (χ0) is 19.8. The van der Waals surface area contributed by atoms with Crippen LogP contribution in [0, 0.1) is 6.92 Å². The van der Waals surface area contributed by atoms with Gasteiger partial charge in [-0.3, -0.25) is 9.59 Å². The lowest BCUT2D eigenvalue weighted by atomic mass is 9.83. The molecule has 7 heteroatoms. The molecule has 1 aliphatic carbocycles. The molecule has 4 rings (SSSR count). The molecule has 0 radical (unpaired) electrons. The first-order valence-electron chi connectivity index (χ1n) is 8.33. The molecule has 0 N–H and O–H groups in total. The largest absolute Gasteiger partial charge is 0.740 e. The van der Waals surface area contributed by atoms with E-state index in [4.69, 9.17) is 8.92 Å². The van der Waals surface area contributed by atoms with Gasteiger partial charge in [0.2, 0.25) is 0 Å². The molecule has 0 fully saturated rings. The lowest BCUT2D eigenvalue weighted by molar-refractivity contribution is 0.0977. The van der Waals surface area contributed by atoms with E-state index in [9.17, 15) is 18.4 Å². The zero-order valence-electron chi connectivity index (χ0n) is 14.6. The number of fused-ring (bicyclic) bond motifs is 2. The number of rotatable bonds is 4. The molecule has 140 valence electrons. The van der Waals surface area contributed by atoms with Crippen LogP contribution in [-0.4, -0.2) is 20.3 Å². The van der Waals surface area contributed by atoms with Crippen LogP contribution in [0.5, 0.6) is 17.2 Å². The maximum atomic E-state index is 13.0. The van der Waals surface area contributed by atoms with Gasteiger partial charge in [-0.25, -0.2) is 4.21 Å². The van der Waals surface area contributed by atoms with E-state index in [0.717, 1.165) is 5.56 Å². The number of ether oxygens (including phenoxy) is 1. The number of benzene rings is 3. The summed E-state index contributed by atoms with van der Waals surface area (Å²) in [6, 6.07) is 16.1. The monoisotopic (exact) mass is 393 g/mol. The van der Waals surface area contributed by atoms with Crippen molar-refractivity contribution >= 4 is 22.9 Å². The molecule has 0 aliphatic heterocycles. The van der Waals surface area contributed by atoms with E-state index in [1.165, 1.54) is 6.07 Å². The van der Waals surface area contributed by atoms with Crippen LogP contribution in [-0.2, 0) is 11.4 Å². The van der Waals surface area contributed by atoms with Gasteiger partial charge >= 0.3 is 0 Å². The molecule has 3 aromatic carbocycles. The number of ketones is 2. The molecule has 28 heavy (non-hydrogen) atoms. The van der Waals surface area contributed by atoms with Crippen LogP contribution in [0.1, 0.15) is 37.4 Å². The molecule has 0 heterocycles. The second kappa shape index (κ2) is 7.03. The standard InChI is InChI=1S/C21H14O6S/c1-12-9-10-16(18(11-12)27-28(24)25)26-17-8-4-7-15-19(17)21(23)14-6-3-2-5-13(14)20(15)22/h2-11H,1H3,(H,24,25)/p-1. The molecule has 0 amide bonds. The van der Waals surface area contributed by atoms with Gasteiger partial charge in [0.1, 0.15) is 17.1 Å². The summed E-state index contributed by atoms with van der Waals surface area (Å²) in [6.07, 6.45) is 0. The summed E-state index contributed by atoms with van der Waals surface area (Å²) in [4.78, 5) is 25.8. The van der Waals surface area contributed by atoms with E-state index in [1.807, 2.05) is 0 Å². The highest BCUT2D eigenvalue weighted by Crippen LogP contribution is 2.38. The Morgan fingerprint density at radius 3 is 2.18 bits per heavy atom. The lowest BCUT2D eigenvalue weighted by Crippen LogP contribution is -2.21. The fourth-order valence-corrected chi connectivity index (χ4v) is 3.43. The second-order valence-electron chi connectivity index (χ2n) is 6.22. The number of carbonyl (C=O) groups is 2. The topological polar surface area (TPSA) is 92.7 Å². The maximum Gasteiger partial charge on any atom is 0.198 e. The predicted octanol–water partition coefficient (Wildman–Crippen LogP) is 3.74. The molecule has 6 nitrogen and oxygen atoms in total. The van der Waals surface area contributed by atoms with Crippen molar-refractivity contribution in [2.75, 3.05) is 0 Å². The van der Waals surface area contributed by atoms with Gasteiger partial charge in [-0.15, -0.1) is 0 Å². The van der Waals surface area contributed by atoms with Crippen molar-refractivity contribution in [3.8, 4) is 17.2 Å². The summed E-state index contributed by atoms with van der Waals surface area (Å²) in [5.74, 6) is -0.349. The fraction of sp³-hybridized carbons (Fsp3) is 0.0476. The smallest absolute Gasteiger partial charge is 0.198 e. The van der Waals surface area contributed by atoms with Crippen molar-refractivity contribution < 1.29 is 27.3 Å². The molecule has 0 saturated heterocycles. The van der Waals surface area contributed by atoms with E-state index in [2.05, 4.69) is 0 Å². The first-order chi connectivity index (χ1) is 13.5. The van der Waals surface area contributed by atoms with Crippen molar-refractivity contribution in [2.24, 2.45) is 0 Å².